The number of nitrogens with zero attached hydrogens (tertiary/aromatic N) is 1. The summed E-state index contributed by atoms with van der Waals surface area (Å²) in [5.41, 5.74) is -0.488. The quantitative estimate of drug-likeness (QED) is 0.501. The Morgan fingerprint density at radius 3 is 1.59 bits per heavy atom. The van der Waals surface area contributed by atoms with E-state index in [1.54, 1.807) is 0 Å². The molecule has 0 saturated carbocycles. The van der Waals surface area contributed by atoms with Crippen molar-refractivity contribution in [2.45, 2.75) is 110 Å². The van der Waals surface area contributed by atoms with E-state index >= 15 is 0 Å². The van der Waals surface area contributed by atoms with Gasteiger partial charge in [0, 0.05) is 5.54 Å². The molecule has 0 aromatic carbocycles. The highest BCUT2D eigenvalue weighted by molar-refractivity contribution is 6.74. The summed E-state index contributed by atoms with van der Waals surface area (Å²) in [6.45, 7) is 28.6. The van der Waals surface area contributed by atoms with Crippen molar-refractivity contribution in [1.82, 2.24) is 4.90 Å². The predicted octanol–water partition coefficient (Wildman–Crippen LogP) is 6.18. The molecule has 7 heteroatoms. The van der Waals surface area contributed by atoms with Gasteiger partial charge >= 0.3 is 6.09 Å². The predicted molar refractivity (Wildman–Crippen MR) is 120 cm³/mol. The van der Waals surface area contributed by atoms with Crippen molar-refractivity contribution in [3.8, 4) is 0 Å². The molecule has 1 unspecified atom stereocenters. The Bertz CT molecular complexity index is 500. The van der Waals surface area contributed by atoms with Gasteiger partial charge in [0.1, 0.15) is 0 Å². The molecule has 0 spiro atoms. The minimum Gasteiger partial charge on any atom is -0.465 e. The number of amides is 1. The van der Waals surface area contributed by atoms with Crippen LogP contribution >= 0.6 is 0 Å². The van der Waals surface area contributed by atoms with Crippen molar-refractivity contribution in [3.05, 3.63) is 0 Å². The molecule has 1 atom stereocenters. The van der Waals surface area contributed by atoms with Gasteiger partial charge in [0.2, 0.25) is 0 Å². The summed E-state index contributed by atoms with van der Waals surface area (Å²) in [5.74, 6) is 0. The van der Waals surface area contributed by atoms with Gasteiger partial charge in [0.25, 0.3) is 0 Å². The molecule has 0 rings (SSSR count). The maximum atomic E-state index is 11.9. The second-order valence-corrected chi connectivity index (χ2v) is 21.2. The van der Waals surface area contributed by atoms with E-state index < -0.39 is 28.3 Å². The van der Waals surface area contributed by atoms with Crippen LogP contribution in [0.2, 0.25) is 36.3 Å². The third-order valence-electron chi connectivity index (χ3n) is 6.13. The molecule has 0 radical (unpaired) electrons. The Kier molecular flexibility index (Phi) is 8.43. The Balaban J connectivity index is 5.61. The van der Waals surface area contributed by atoms with Crippen LogP contribution in [0.15, 0.2) is 0 Å². The van der Waals surface area contributed by atoms with Crippen LogP contribution in [-0.4, -0.2) is 57.5 Å². The van der Waals surface area contributed by atoms with E-state index in [4.69, 9.17) is 8.85 Å². The van der Waals surface area contributed by atoms with Crippen LogP contribution in [-0.2, 0) is 8.85 Å². The lowest BCUT2D eigenvalue weighted by Crippen LogP contribution is -2.54. The van der Waals surface area contributed by atoms with E-state index in [0.717, 1.165) is 0 Å². The molecule has 0 aliphatic rings. The molecule has 1 amide bonds. The second kappa shape index (κ2) is 8.55. The molecule has 5 nitrogen and oxygen atoms in total. The normalized spacial score (nSPS) is 15.6. The van der Waals surface area contributed by atoms with E-state index in [1.807, 2.05) is 20.8 Å². The summed E-state index contributed by atoms with van der Waals surface area (Å²) in [4.78, 5) is 13.3. The van der Waals surface area contributed by atoms with E-state index in [1.165, 1.54) is 4.90 Å². The highest BCUT2D eigenvalue weighted by atomic mass is 28.4. The first-order valence-corrected chi connectivity index (χ1v) is 15.8. The van der Waals surface area contributed by atoms with Gasteiger partial charge in [-0.05, 0) is 57.0 Å². The molecule has 0 aliphatic heterocycles. The summed E-state index contributed by atoms with van der Waals surface area (Å²) in [5, 5.41) is 9.88. The van der Waals surface area contributed by atoms with Gasteiger partial charge in [0.15, 0.2) is 16.6 Å². The Morgan fingerprint density at radius 1 is 0.889 bits per heavy atom. The summed E-state index contributed by atoms with van der Waals surface area (Å²) < 4.78 is 13.0. The summed E-state index contributed by atoms with van der Waals surface area (Å²) in [7, 11) is -4.00. The monoisotopic (exact) mass is 419 g/mol. The smallest absolute Gasteiger partial charge is 0.407 e. The lowest BCUT2D eigenvalue weighted by atomic mass is 10.1. The van der Waals surface area contributed by atoms with Crippen molar-refractivity contribution in [1.29, 1.82) is 0 Å². The first kappa shape index (κ1) is 26.6. The second-order valence-electron chi connectivity index (χ2n) is 11.6. The van der Waals surface area contributed by atoms with Gasteiger partial charge in [-0.15, -0.1) is 0 Å². The van der Waals surface area contributed by atoms with Gasteiger partial charge in [-0.3, -0.25) is 0 Å². The maximum absolute atomic E-state index is 11.9. The van der Waals surface area contributed by atoms with Crippen LogP contribution < -0.4 is 0 Å². The van der Waals surface area contributed by atoms with Crippen molar-refractivity contribution in [2.75, 3.05) is 13.2 Å². The lowest BCUT2D eigenvalue weighted by molar-refractivity contribution is 0.0380. The fraction of sp³-hybridized carbons (Fsp3) is 0.950. The van der Waals surface area contributed by atoms with Gasteiger partial charge < -0.3 is 18.9 Å². The zero-order chi connectivity index (χ0) is 22.1. The minimum atomic E-state index is -2.06. The molecule has 0 fully saturated rings. The van der Waals surface area contributed by atoms with Gasteiger partial charge in [-0.2, -0.15) is 0 Å². The fourth-order valence-electron chi connectivity index (χ4n) is 2.08. The number of hydrogen-bond donors (Lipinski definition) is 1. The number of carbonyl (C=O) groups is 1. The third-order valence-corrected chi connectivity index (χ3v) is 15.2. The zero-order valence-corrected chi connectivity index (χ0v) is 22.1. The Morgan fingerprint density at radius 2 is 1.30 bits per heavy atom. The van der Waals surface area contributed by atoms with Crippen LogP contribution in [0, 0.1) is 0 Å². The van der Waals surface area contributed by atoms with E-state index in [-0.39, 0.29) is 16.2 Å². The largest absolute Gasteiger partial charge is 0.465 e. The van der Waals surface area contributed by atoms with E-state index in [9.17, 15) is 9.90 Å². The number of hydrogen-bond acceptors (Lipinski definition) is 3. The van der Waals surface area contributed by atoms with Crippen LogP contribution in [0.3, 0.4) is 0 Å². The van der Waals surface area contributed by atoms with Crippen molar-refractivity contribution in [3.63, 3.8) is 0 Å². The molecular weight excluding hydrogens is 374 g/mol. The summed E-state index contributed by atoms with van der Waals surface area (Å²) in [6.07, 6.45) is -1.19. The molecular formula is C20H45NO4Si2. The van der Waals surface area contributed by atoms with Crippen molar-refractivity contribution in [2.24, 2.45) is 0 Å². The molecule has 0 aromatic heterocycles. The first-order valence-electron chi connectivity index (χ1n) is 9.94. The first-order chi connectivity index (χ1) is 11.6. The van der Waals surface area contributed by atoms with Crippen molar-refractivity contribution < 1.29 is 18.8 Å². The van der Waals surface area contributed by atoms with Gasteiger partial charge in [0.05, 0.1) is 19.3 Å². The van der Waals surface area contributed by atoms with Crippen LogP contribution in [0.5, 0.6) is 0 Å². The lowest BCUT2D eigenvalue weighted by Gasteiger charge is -2.44. The minimum absolute atomic E-state index is 0.0536. The summed E-state index contributed by atoms with van der Waals surface area (Å²) >= 11 is 0. The zero-order valence-electron chi connectivity index (χ0n) is 20.1. The Hall–Kier alpha value is -0.376. The van der Waals surface area contributed by atoms with E-state index in [0.29, 0.717) is 13.2 Å². The topological polar surface area (TPSA) is 59.0 Å². The molecule has 0 heterocycles. The number of carboxylic acid groups (broad SMARTS) is 1. The van der Waals surface area contributed by atoms with Crippen LogP contribution in [0.4, 0.5) is 4.79 Å². The molecule has 0 aliphatic carbocycles. The van der Waals surface area contributed by atoms with Gasteiger partial charge in [-0.1, -0.05) is 41.5 Å². The van der Waals surface area contributed by atoms with Crippen molar-refractivity contribution >= 4 is 22.7 Å². The SMILES string of the molecule is CC(C)(C)N(CC(CO[Si](C)(C)C(C)(C)C)O[Si](C)(C)C(C)(C)C)C(=O)O. The fourth-order valence-corrected chi connectivity index (χ4v) is 4.44. The van der Waals surface area contributed by atoms with E-state index in [2.05, 4.69) is 67.7 Å². The van der Waals surface area contributed by atoms with Crippen LogP contribution in [0.1, 0.15) is 62.3 Å². The molecule has 0 saturated heterocycles. The molecule has 0 aromatic rings. The number of rotatable bonds is 7. The van der Waals surface area contributed by atoms with Gasteiger partial charge in [-0.25, -0.2) is 4.79 Å². The molecule has 27 heavy (non-hydrogen) atoms. The van der Waals surface area contributed by atoms with Crippen LogP contribution in [0.25, 0.3) is 0 Å². The summed E-state index contributed by atoms with van der Waals surface area (Å²) in [6, 6.07) is 0. The average molecular weight is 420 g/mol. The highest BCUT2D eigenvalue weighted by Crippen LogP contribution is 2.39. The third kappa shape index (κ3) is 7.87. The molecule has 0 bridgehead atoms. The molecule has 1 N–H and O–H groups in total. The maximum Gasteiger partial charge on any atom is 0.407 e. The molecule has 162 valence electrons. The standard InChI is InChI=1S/C20H45NO4Si2/c1-18(2,3)21(17(22)23)14-16(25-27(12,13)20(7,8)9)15-24-26(10,11)19(4,5)6/h16H,14-15H2,1-13H3,(H,22,23). The Labute approximate surface area is 170 Å². The highest BCUT2D eigenvalue weighted by Gasteiger charge is 2.42. The average Bonchev–Trinajstić information content (AvgIpc) is 2.37.